The highest BCUT2D eigenvalue weighted by molar-refractivity contribution is 6.04. The van der Waals surface area contributed by atoms with Crippen molar-refractivity contribution in [3.8, 4) is 6.07 Å². The number of hydrogen-bond acceptors (Lipinski definition) is 3. The van der Waals surface area contributed by atoms with E-state index < -0.39 is 5.92 Å². The summed E-state index contributed by atoms with van der Waals surface area (Å²) in [6.07, 6.45) is 2.14. The minimum absolute atomic E-state index is 0.0450. The first kappa shape index (κ1) is 11.5. The highest BCUT2D eigenvalue weighted by Crippen LogP contribution is 2.21. The molecule has 0 aromatic heterocycles. The number of carbonyl (C=O) groups excluding carboxylic acids is 2. The minimum Gasteiger partial charge on any atom is -0.299 e. The molecule has 0 amide bonds. The van der Waals surface area contributed by atoms with Crippen molar-refractivity contribution in [2.45, 2.75) is 25.7 Å². The standard InChI is InChI=1S/C14H13NO2/c15-9-11-4-1-3-10(7-11)8-12-13(16)5-2-6-14(12)17/h1,3-4,7,12H,2,5-6,8H2. The highest BCUT2D eigenvalue weighted by Gasteiger charge is 2.29. The van der Waals surface area contributed by atoms with Gasteiger partial charge in [-0.3, -0.25) is 9.59 Å². The Bertz CT molecular complexity index is 483. The van der Waals surface area contributed by atoms with Crippen LogP contribution in [0.1, 0.15) is 30.4 Å². The van der Waals surface area contributed by atoms with Gasteiger partial charge in [-0.25, -0.2) is 0 Å². The first-order chi connectivity index (χ1) is 8.20. The van der Waals surface area contributed by atoms with Crippen LogP contribution in [0.4, 0.5) is 0 Å². The van der Waals surface area contributed by atoms with Crippen LogP contribution in [0.25, 0.3) is 0 Å². The second-order valence-corrected chi connectivity index (χ2v) is 4.36. The molecule has 1 saturated carbocycles. The molecule has 17 heavy (non-hydrogen) atoms. The zero-order valence-corrected chi connectivity index (χ0v) is 9.48. The summed E-state index contributed by atoms with van der Waals surface area (Å²) in [7, 11) is 0. The molecule has 86 valence electrons. The van der Waals surface area contributed by atoms with Crippen molar-refractivity contribution in [1.82, 2.24) is 0 Å². The predicted octanol–water partition coefficient (Wildman–Crippen LogP) is 2.04. The van der Waals surface area contributed by atoms with E-state index in [9.17, 15) is 9.59 Å². The molecule has 0 atom stereocenters. The maximum atomic E-state index is 11.7. The molecular weight excluding hydrogens is 214 g/mol. The maximum Gasteiger partial charge on any atom is 0.143 e. The smallest absolute Gasteiger partial charge is 0.143 e. The second-order valence-electron chi connectivity index (χ2n) is 4.36. The van der Waals surface area contributed by atoms with Gasteiger partial charge >= 0.3 is 0 Å². The number of nitrogens with zero attached hydrogens (tertiary/aromatic N) is 1. The largest absolute Gasteiger partial charge is 0.299 e. The zero-order chi connectivity index (χ0) is 12.3. The number of Topliss-reactive ketones (excluding diaryl/α,β-unsaturated/α-hetero) is 2. The lowest BCUT2D eigenvalue weighted by molar-refractivity contribution is -0.135. The molecule has 2 rings (SSSR count). The van der Waals surface area contributed by atoms with E-state index in [1.807, 2.05) is 6.07 Å². The van der Waals surface area contributed by atoms with Crippen molar-refractivity contribution in [2.24, 2.45) is 5.92 Å². The fourth-order valence-corrected chi connectivity index (χ4v) is 2.20. The number of ketones is 2. The molecule has 0 saturated heterocycles. The molecule has 1 fully saturated rings. The van der Waals surface area contributed by atoms with E-state index in [0.717, 1.165) is 5.56 Å². The summed E-state index contributed by atoms with van der Waals surface area (Å²) in [5, 5.41) is 8.79. The van der Waals surface area contributed by atoms with Crippen LogP contribution < -0.4 is 0 Å². The Labute approximate surface area is 100 Å². The van der Waals surface area contributed by atoms with Crippen molar-refractivity contribution >= 4 is 11.6 Å². The van der Waals surface area contributed by atoms with Gasteiger partial charge in [-0.2, -0.15) is 5.26 Å². The molecule has 0 spiro atoms. The summed E-state index contributed by atoms with van der Waals surface area (Å²) in [6.45, 7) is 0. The second kappa shape index (κ2) is 4.92. The number of nitriles is 1. The van der Waals surface area contributed by atoms with E-state index >= 15 is 0 Å². The predicted molar refractivity (Wildman–Crippen MR) is 62.2 cm³/mol. The third-order valence-electron chi connectivity index (χ3n) is 3.12. The normalized spacial score (nSPS) is 16.9. The molecule has 0 N–H and O–H groups in total. The van der Waals surface area contributed by atoms with E-state index in [0.29, 0.717) is 31.2 Å². The van der Waals surface area contributed by atoms with Crippen LogP contribution in [-0.4, -0.2) is 11.6 Å². The lowest BCUT2D eigenvalue weighted by atomic mass is 9.82. The third-order valence-corrected chi connectivity index (χ3v) is 3.12. The number of rotatable bonds is 2. The van der Waals surface area contributed by atoms with Gasteiger partial charge in [-0.1, -0.05) is 12.1 Å². The van der Waals surface area contributed by atoms with Crippen molar-refractivity contribution in [1.29, 1.82) is 5.26 Å². The summed E-state index contributed by atoms with van der Waals surface area (Å²) in [6, 6.07) is 9.16. The van der Waals surface area contributed by atoms with Crippen LogP contribution in [0.2, 0.25) is 0 Å². The Kier molecular flexibility index (Phi) is 3.34. The molecule has 0 unspecified atom stereocenters. The van der Waals surface area contributed by atoms with Gasteiger partial charge in [0.15, 0.2) is 0 Å². The Morgan fingerprint density at radius 3 is 2.59 bits per heavy atom. The van der Waals surface area contributed by atoms with Gasteiger partial charge in [0.05, 0.1) is 17.6 Å². The first-order valence-electron chi connectivity index (χ1n) is 5.75. The molecule has 3 heteroatoms. The maximum absolute atomic E-state index is 11.7. The van der Waals surface area contributed by atoms with Crippen molar-refractivity contribution in [2.75, 3.05) is 0 Å². The minimum atomic E-state index is -0.488. The van der Waals surface area contributed by atoms with Crippen LogP contribution in [0.5, 0.6) is 0 Å². The summed E-state index contributed by atoms with van der Waals surface area (Å²) in [5.41, 5.74) is 1.45. The monoisotopic (exact) mass is 227 g/mol. The Balaban J connectivity index is 2.16. The van der Waals surface area contributed by atoms with Crippen molar-refractivity contribution in [3.05, 3.63) is 35.4 Å². The third kappa shape index (κ3) is 2.59. The molecule has 1 aromatic carbocycles. The van der Waals surface area contributed by atoms with E-state index in [4.69, 9.17) is 5.26 Å². The van der Waals surface area contributed by atoms with Crippen molar-refractivity contribution in [3.63, 3.8) is 0 Å². The van der Waals surface area contributed by atoms with Crippen molar-refractivity contribution < 1.29 is 9.59 Å². The quantitative estimate of drug-likeness (QED) is 0.726. The molecule has 0 radical (unpaired) electrons. The zero-order valence-electron chi connectivity index (χ0n) is 9.48. The molecule has 1 aliphatic rings. The van der Waals surface area contributed by atoms with Gasteiger partial charge in [0.25, 0.3) is 0 Å². The average Bonchev–Trinajstić information content (AvgIpc) is 2.34. The number of benzene rings is 1. The molecule has 1 aromatic rings. The van der Waals surface area contributed by atoms with E-state index in [2.05, 4.69) is 6.07 Å². The van der Waals surface area contributed by atoms with Crippen LogP contribution in [0, 0.1) is 17.2 Å². The molecule has 0 bridgehead atoms. The summed E-state index contributed by atoms with van der Waals surface area (Å²) < 4.78 is 0. The molecule has 1 aliphatic carbocycles. The first-order valence-corrected chi connectivity index (χ1v) is 5.75. The lowest BCUT2D eigenvalue weighted by Gasteiger charge is -2.19. The van der Waals surface area contributed by atoms with E-state index in [1.54, 1.807) is 18.2 Å². The van der Waals surface area contributed by atoms with Crippen LogP contribution in [0.15, 0.2) is 24.3 Å². The fraction of sp³-hybridized carbons (Fsp3) is 0.357. The van der Waals surface area contributed by atoms with Gasteiger partial charge in [0.1, 0.15) is 11.6 Å². The van der Waals surface area contributed by atoms with E-state index in [-0.39, 0.29) is 11.6 Å². The van der Waals surface area contributed by atoms with E-state index in [1.165, 1.54) is 0 Å². The van der Waals surface area contributed by atoms with Gasteiger partial charge < -0.3 is 0 Å². The summed E-state index contributed by atoms with van der Waals surface area (Å²) in [4.78, 5) is 23.4. The number of hydrogen-bond donors (Lipinski definition) is 0. The topological polar surface area (TPSA) is 57.9 Å². The SMILES string of the molecule is N#Cc1cccc(CC2C(=O)CCCC2=O)c1. The molecular formula is C14H13NO2. The van der Waals surface area contributed by atoms with Crippen LogP contribution in [0.3, 0.4) is 0 Å². The van der Waals surface area contributed by atoms with Crippen LogP contribution >= 0.6 is 0 Å². The molecule has 0 aliphatic heterocycles. The number of carbonyl (C=O) groups is 2. The van der Waals surface area contributed by atoms with Gasteiger partial charge in [0, 0.05) is 12.8 Å². The van der Waals surface area contributed by atoms with Gasteiger partial charge in [0.2, 0.25) is 0 Å². The lowest BCUT2D eigenvalue weighted by Crippen LogP contribution is -2.30. The fourth-order valence-electron chi connectivity index (χ4n) is 2.20. The summed E-state index contributed by atoms with van der Waals surface area (Å²) >= 11 is 0. The van der Waals surface area contributed by atoms with Gasteiger partial charge in [-0.15, -0.1) is 0 Å². The Morgan fingerprint density at radius 2 is 1.94 bits per heavy atom. The summed E-state index contributed by atoms with van der Waals surface area (Å²) in [5.74, 6) is -0.398. The molecule has 0 heterocycles. The average molecular weight is 227 g/mol. The van der Waals surface area contributed by atoms with Crippen LogP contribution in [-0.2, 0) is 16.0 Å². The Morgan fingerprint density at radius 1 is 1.24 bits per heavy atom. The van der Waals surface area contributed by atoms with Gasteiger partial charge in [-0.05, 0) is 30.5 Å². The Hall–Kier alpha value is -1.95. The molecule has 3 nitrogen and oxygen atoms in total. The highest BCUT2D eigenvalue weighted by atomic mass is 16.2.